The van der Waals surface area contributed by atoms with Gasteiger partial charge in [0.15, 0.2) is 29.1 Å². The second-order valence-corrected chi connectivity index (χ2v) is 33.2. The molecule has 0 unspecified atom stereocenters. The molecule has 5 aliphatic rings. The molecule has 15 aromatic rings. The summed E-state index contributed by atoms with van der Waals surface area (Å²) in [5.74, 6) is -0.133. The van der Waals surface area contributed by atoms with Crippen LogP contribution in [-0.4, -0.2) is 109 Å². The maximum Gasteiger partial charge on any atom is 0.267 e. The van der Waals surface area contributed by atoms with Gasteiger partial charge in [-0.1, -0.05) is 234 Å². The third-order valence-corrected chi connectivity index (χ3v) is 23.3. The van der Waals surface area contributed by atoms with Crippen molar-refractivity contribution in [2.75, 3.05) is 24.5 Å². The summed E-state index contributed by atoms with van der Waals surface area (Å²) in [5.41, 5.74) is 48.4. The Labute approximate surface area is 776 Å². The zero-order chi connectivity index (χ0) is 95.6. The Morgan fingerprint density at radius 1 is 0.222 bits per heavy atom. The van der Waals surface area contributed by atoms with E-state index in [1.54, 1.807) is 19.6 Å². The molecular formula is C105H90N20O10. The first kappa shape index (κ1) is 90.6. The van der Waals surface area contributed by atoms with Gasteiger partial charge in [-0.15, -0.1) is 0 Å². The average Bonchev–Trinajstić information content (AvgIpc) is 1.63. The van der Waals surface area contributed by atoms with Crippen LogP contribution in [0.1, 0.15) is 136 Å². The number of para-hydroxylation sites is 4. The number of hydrogen-bond acceptors (Lipinski definition) is 20. The lowest BCUT2D eigenvalue weighted by atomic mass is 10.1. The monoisotopic (exact) mass is 1790 g/mol. The number of anilines is 10. The lowest BCUT2D eigenvalue weighted by Crippen LogP contribution is -2.22. The molecule has 135 heavy (non-hydrogen) atoms. The fourth-order valence-corrected chi connectivity index (χ4v) is 16.3. The highest BCUT2D eigenvalue weighted by Gasteiger charge is 2.42. The molecule has 30 heteroatoms. The van der Waals surface area contributed by atoms with Gasteiger partial charge < -0.3 is 28.7 Å². The van der Waals surface area contributed by atoms with Crippen LogP contribution in [0, 0.1) is 69.2 Å². The maximum atomic E-state index is 12.8. The minimum absolute atomic E-state index is 0.0513. The van der Waals surface area contributed by atoms with Crippen molar-refractivity contribution in [2.45, 2.75) is 101 Å². The Balaban J connectivity index is 0.000000123. The van der Waals surface area contributed by atoms with Gasteiger partial charge in [0, 0.05) is 55.6 Å². The number of benzene rings is 10. The first-order valence-corrected chi connectivity index (χ1v) is 43.1. The number of amides is 10. The van der Waals surface area contributed by atoms with Gasteiger partial charge in [0.1, 0.15) is 57.6 Å². The molecule has 5 aliphatic heterocycles. The molecule has 20 rings (SSSR count). The molecule has 30 nitrogen and oxygen atoms in total. The van der Waals surface area contributed by atoms with E-state index in [9.17, 15) is 47.9 Å². The average molecular weight is 1790 g/mol. The van der Waals surface area contributed by atoms with Crippen molar-refractivity contribution in [1.82, 2.24) is 49.8 Å². The SMILES string of the molecule is Cc1ccc(-c2nc(C(N)=O)c3c(n2)N(c2cccc(C)c2)C(=O)C3)cc1.Cc1ccc(-c2nc(C(N)=O)c3c(n2)N(c2ccccc2C)C(=O)C3)cc1.Cc1ccc(-c2nc(C(N)=O)c3c(n2)N(c2ccccc2C)C(=O)C3)cc1.Cc1ccc(-c2nc(C(N)=O)c3c(n2)N(c2ccccc2C)C(=O)C3)cc1.Cc1ccc(-c2nc(C(N)=O)c3c(n2)N(c2ccccc2C)C(=O)C3)cc1. The van der Waals surface area contributed by atoms with Crippen LogP contribution in [-0.2, 0) is 56.1 Å². The van der Waals surface area contributed by atoms with Crippen LogP contribution in [0.2, 0.25) is 0 Å². The van der Waals surface area contributed by atoms with E-state index in [2.05, 4.69) is 49.8 Å². The number of carbonyl (C=O) groups excluding carboxylic acids is 10. The van der Waals surface area contributed by atoms with Crippen molar-refractivity contribution in [1.29, 1.82) is 0 Å². The predicted octanol–water partition coefficient (Wildman–Crippen LogP) is 15.4. The van der Waals surface area contributed by atoms with Crippen LogP contribution >= 0.6 is 0 Å². The predicted molar refractivity (Wildman–Crippen MR) is 514 cm³/mol. The van der Waals surface area contributed by atoms with Gasteiger partial charge in [0.05, 0.1) is 60.5 Å². The van der Waals surface area contributed by atoms with E-state index in [4.69, 9.17) is 28.7 Å². The molecule has 0 atom stereocenters. The van der Waals surface area contributed by atoms with E-state index in [0.29, 0.717) is 91.7 Å². The van der Waals surface area contributed by atoms with Crippen LogP contribution in [0.4, 0.5) is 57.5 Å². The maximum absolute atomic E-state index is 12.8. The highest BCUT2D eigenvalue weighted by Crippen LogP contribution is 2.45. The quantitative estimate of drug-likeness (QED) is 0.0636. The fourth-order valence-electron chi connectivity index (χ4n) is 16.3. The molecule has 0 saturated carbocycles. The van der Waals surface area contributed by atoms with Gasteiger partial charge in [0.25, 0.3) is 29.5 Å². The highest BCUT2D eigenvalue weighted by molar-refractivity contribution is 6.15. The largest absolute Gasteiger partial charge is 0.364 e. The number of nitrogens with two attached hydrogens (primary N) is 5. The minimum atomic E-state index is -0.666. The first-order valence-electron chi connectivity index (χ1n) is 43.1. The molecule has 0 radical (unpaired) electrons. The molecule has 5 aromatic heterocycles. The van der Waals surface area contributed by atoms with Crippen LogP contribution < -0.4 is 53.2 Å². The lowest BCUT2D eigenvalue weighted by Gasteiger charge is -2.19. The molecule has 670 valence electrons. The number of fused-ring (bicyclic) bond motifs is 5. The summed E-state index contributed by atoms with van der Waals surface area (Å²) in [6, 6.07) is 76.1. The third-order valence-electron chi connectivity index (χ3n) is 23.3. The van der Waals surface area contributed by atoms with Crippen molar-refractivity contribution in [3.63, 3.8) is 0 Å². The van der Waals surface area contributed by atoms with E-state index in [0.717, 1.165) is 106 Å². The van der Waals surface area contributed by atoms with Crippen LogP contribution in [0.5, 0.6) is 0 Å². The normalized spacial score (nSPS) is 13.0. The molecule has 0 bridgehead atoms. The standard InChI is InChI=1S/5C21H18N4O2/c1-12-6-8-14(9-7-12)20-23-18(19(22)27)16-11-17(26)25(21(16)24-20)15-5-3-4-13(2)10-15;4*1-12-7-9-14(10-8-12)20-23-18(19(22)27)15-11-17(26)25(21(15)24-20)16-6-4-3-5-13(16)2/h5*3-10H,11H2,1-2H3,(H2,22,27). The summed E-state index contributed by atoms with van der Waals surface area (Å²) < 4.78 is 0. The second-order valence-electron chi connectivity index (χ2n) is 33.2. The molecule has 10 aromatic carbocycles. The summed E-state index contributed by atoms with van der Waals surface area (Å²) in [6.07, 6.45) is 0.258. The molecule has 0 aliphatic carbocycles. The van der Waals surface area contributed by atoms with Gasteiger partial charge >= 0.3 is 0 Å². The summed E-state index contributed by atoms with van der Waals surface area (Å²) in [6.45, 7) is 19.6. The second kappa shape index (κ2) is 37.8. The summed E-state index contributed by atoms with van der Waals surface area (Å²) in [4.78, 5) is 177. The minimum Gasteiger partial charge on any atom is -0.364 e. The Morgan fingerprint density at radius 3 is 0.607 bits per heavy atom. The Morgan fingerprint density at radius 2 is 0.415 bits per heavy atom. The van der Waals surface area contributed by atoms with Crippen molar-refractivity contribution < 1.29 is 47.9 Å². The zero-order valence-electron chi connectivity index (χ0n) is 75.3. The summed E-state index contributed by atoms with van der Waals surface area (Å²) >= 11 is 0. The Kier molecular flexibility index (Phi) is 25.4. The number of aromatic nitrogens is 10. The van der Waals surface area contributed by atoms with Gasteiger partial charge in [-0.2, -0.15) is 0 Å². The van der Waals surface area contributed by atoms with E-state index >= 15 is 0 Å². The molecule has 10 amide bonds. The van der Waals surface area contributed by atoms with Crippen molar-refractivity contribution >= 4 is 117 Å². The van der Waals surface area contributed by atoms with Gasteiger partial charge in [-0.25, -0.2) is 49.8 Å². The van der Waals surface area contributed by atoms with E-state index < -0.39 is 29.5 Å². The molecule has 0 spiro atoms. The van der Waals surface area contributed by atoms with E-state index in [1.165, 1.54) is 4.90 Å². The lowest BCUT2D eigenvalue weighted by molar-refractivity contribution is -0.117. The summed E-state index contributed by atoms with van der Waals surface area (Å²) in [7, 11) is 0. The number of aryl methyl sites for hydroxylation is 10. The number of hydrogen-bond donors (Lipinski definition) is 5. The van der Waals surface area contributed by atoms with Gasteiger partial charge in [0.2, 0.25) is 29.5 Å². The smallest absolute Gasteiger partial charge is 0.267 e. The van der Waals surface area contributed by atoms with Crippen molar-refractivity contribution in [3.8, 4) is 56.9 Å². The fraction of sp³-hybridized carbons (Fsp3) is 0.143. The van der Waals surface area contributed by atoms with E-state index in [-0.39, 0.29) is 90.1 Å². The molecule has 10 heterocycles. The zero-order valence-corrected chi connectivity index (χ0v) is 75.3. The highest BCUT2D eigenvalue weighted by atomic mass is 16.2. The van der Waals surface area contributed by atoms with Crippen LogP contribution in [0.25, 0.3) is 56.9 Å². The first-order chi connectivity index (χ1) is 64.7. The third kappa shape index (κ3) is 18.5. The van der Waals surface area contributed by atoms with Gasteiger partial charge in [-0.3, -0.25) is 72.4 Å². The number of nitrogens with zero attached hydrogens (tertiary/aromatic N) is 15. The molecule has 0 fully saturated rings. The Hall–Kier alpha value is -17.7. The van der Waals surface area contributed by atoms with Crippen molar-refractivity contribution in [2.24, 2.45) is 28.7 Å². The molecule has 0 saturated heterocycles. The van der Waals surface area contributed by atoms with Crippen LogP contribution in [0.15, 0.2) is 243 Å². The topological polar surface area (TPSA) is 446 Å². The Bertz CT molecular complexity index is 6700. The number of primary amides is 5. The van der Waals surface area contributed by atoms with Crippen molar-refractivity contribution in [3.05, 3.63) is 355 Å². The van der Waals surface area contributed by atoms with Crippen LogP contribution in [0.3, 0.4) is 0 Å². The molecule has 10 N–H and O–H groups in total. The van der Waals surface area contributed by atoms with E-state index in [1.807, 2.05) is 312 Å². The number of rotatable bonds is 15. The molecular weight excluding hydrogens is 1700 g/mol. The summed E-state index contributed by atoms with van der Waals surface area (Å²) in [5, 5.41) is 0. The van der Waals surface area contributed by atoms with Gasteiger partial charge in [-0.05, 0) is 133 Å². The number of carbonyl (C=O) groups is 10.